The van der Waals surface area contributed by atoms with Crippen LogP contribution in [0.4, 0.5) is 0 Å². The number of fused-ring (bicyclic) bond motifs is 1. The third-order valence-electron chi connectivity index (χ3n) is 4.19. The standard InChI is InChI=1S/C16H22N2O5S.ClH/c1-2-22-16(19)15-11-12-10-13(4-5-14(12)23-15)24(20,21)18-8-3-6-17-7-9-18;/h4-5,10,15,17H,2-3,6-9,11H2,1H3;1H. The van der Waals surface area contributed by atoms with Crippen LogP contribution >= 0.6 is 12.4 Å². The topological polar surface area (TPSA) is 84.9 Å². The van der Waals surface area contributed by atoms with Crippen LogP contribution in [-0.2, 0) is 26.0 Å². The number of sulfonamides is 1. The summed E-state index contributed by atoms with van der Waals surface area (Å²) in [6.45, 7) is 4.47. The molecule has 2 heterocycles. The lowest BCUT2D eigenvalue weighted by atomic mass is 10.1. The van der Waals surface area contributed by atoms with Crippen LogP contribution in [0.3, 0.4) is 0 Å². The lowest BCUT2D eigenvalue weighted by Crippen LogP contribution is -2.34. The zero-order valence-corrected chi connectivity index (χ0v) is 15.7. The predicted octanol–water partition coefficient (Wildman–Crippen LogP) is 0.959. The third-order valence-corrected chi connectivity index (χ3v) is 6.09. The molecule has 0 aliphatic carbocycles. The Morgan fingerprint density at radius 1 is 1.36 bits per heavy atom. The number of esters is 1. The molecule has 2 aliphatic heterocycles. The van der Waals surface area contributed by atoms with Crippen molar-refractivity contribution in [2.75, 3.05) is 32.8 Å². The lowest BCUT2D eigenvalue weighted by molar-refractivity contribution is -0.150. The molecular weight excluding hydrogens is 368 g/mol. The Morgan fingerprint density at radius 2 is 2.16 bits per heavy atom. The Morgan fingerprint density at radius 3 is 2.92 bits per heavy atom. The first kappa shape index (κ1) is 20.0. The van der Waals surface area contributed by atoms with E-state index in [1.54, 1.807) is 25.1 Å². The van der Waals surface area contributed by atoms with Gasteiger partial charge in [0.15, 0.2) is 6.10 Å². The Balaban J connectivity index is 0.00000225. The lowest BCUT2D eigenvalue weighted by Gasteiger charge is -2.19. The highest BCUT2D eigenvalue weighted by Crippen LogP contribution is 2.32. The summed E-state index contributed by atoms with van der Waals surface area (Å²) in [4.78, 5) is 12.0. The molecule has 1 aromatic rings. The van der Waals surface area contributed by atoms with Gasteiger partial charge in [-0.25, -0.2) is 13.2 Å². The van der Waals surface area contributed by atoms with E-state index in [1.165, 1.54) is 4.31 Å². The molecule has 1 saturated heterocycles. The van der Waals surface area contributed by atoms with Crippen molar-refractivity contribution in [3.8, 4) is 5.75 Å². The van der Waals surface area contributed by atoms with Crippen LogP contribution in [0.5, 0.6) is 5.75 Å². The molecule has 7 nitrogen and oxygen atoms in total. The third kappa shape index (κ3) is 4.25. The fraction of sp³-hybridized carbons (Fsp3) is 0.562. The highest BCUT2D eigenvalue weighted by atomic mass is 35.5. The number of rotatable bonds is 4. The summed E-state index contributed by atoms with van der Waals surface area (Å²) >= 11 is 0. The van der Waals surface area contributed by atoms with E-state index in [1.807, 2.05) is 0 Å². The average Bonchev–Trinajstić information content (AvgIpc) is 2.79. The van der Waals surface area contributed by atoms with Crippen LogP contribution in [0, 0.1) is 0 Å². The minimum Gasteiger partial charge on any atom is -0.478 e. The summed E-state index contributed by atoms with van der Waals surface area (Å²) in [7, 11) is -3.53. The van der Waals surface area contributed by atoms with Crippen LogP contribution in [0.1, 0.15) is 18.9 Å². The molecule has 0 saturated carbocycles. The van der Waals surface area contributed by atoms with Gasteiger partial charge in [-0.05, 0) is 43.7 Å². The molecule has 1 unspecified atom stereocenters. The van der Waals surface area contributed by atoms with E-state index in [9.17, 15) is 13.2 Å². The van der Waals surface area contributed by atoms with Crippen molar-refractivity contribution in [3.05, 3.63) is 23.8 Å². The number of carbonyl (C=O) groups is 1. The van der Waals surface area contributed by atoms with Crippen LogP contribution in [0.2, 0.25) is 0 Å². The molecule has 9 heteroatoms. The second kappa shape index (κ2) is 8.35. The Labute approximate surface area is 154 Å². The van der Waals surface area contributed by atoms with Crippen molar-refractivity contribution >= 4 is 28.4 Å². The molecule has 1 fully saturated rings. The summed E-state index contributed by atoms with van der Waals surface area (Å²) in [6, 6.07) is 4.78. The van der Waals surface area contributed by atoms with Crippen molar-refractivity contribution in [1.82, 2.24) is 9.62 Å². The zero-order chi connectivity index (χ0) is 17.2. The van der Waals surface area contributed by atoms with E-state index < -0.39 is 22.1 Å². The van der Waals surface area contributed by atoms with Crippen molar-refractivity contribution < 1.29 is 22.7 Å². The average molecular weight is 391 g/mol. The highest BCUT2D eigenvalue weighted by Gasteiger charge is 2.32. The number of carbonyl (C=O) groups excluding carboxylic acids is 1. The maximum atomic E-state index is 12.8. The van der Waals surface area contributed by atoms with Crippen molar-refractivity contribution in [2.45, 2.75) is 30.8 Å². The van der Waals surface area contributed by atoms with Crippen LogP contribution in [-0.4, -0.2) is 57.6 Å². The van der Waals surface area contributed by atoms with Gasteiger partial charge in [-0.15, -0.1) is 12.4 Å². The largest absolute Gasteiger partial charge is 0.478 e. The van der Waals surface area contributed by atoms with Gasteiger partial charge in [-0.3, -0.25) is 0 Å². The summed E-state index contributed by atoms with van der Waals surface area (Å²) in [5.41, 5.74) is 0.724. The van der Waals surface area contributed by atoms with Crippen LogP contribution < -0.4 is 10.1 Å². The molecule has 0 spiro atoms. The summed E-state index contributed by atoms with van der Waals surface area (Å²) in [6.07, 6.45) is 0.428. The number of benzene rings is 1. The van der Waals surface area contributed by atoms with Gasteiger partial charge in [0.2, 0.25) is 10.0 Å². The molecule has 1 atom stereocenters. The molecule has 0 radical (unpaired) electrons. The minimum atomic E-state index is -3.53. The monoisotopic (exact) mass is 390 g/mol. The van der Waals surface area contributed by atoms with E-state index in [0.29, 0.717) is 31.8 Å². The van der Waals surface area contributed by atoms with Crippen molar-refractivity contribution in [3.63, 3.8) is 0 Å². The van der Waals surface area contributed by atoms with Crippen molar-refractivity contribution in [2.24, 2.45) is 0 Å². The molecule has 0 amide bonds. The van der Waals surface area contributed by atoms with Crippen LogP contribution in [0.15, 0.2) is 23.1 Å². The molecular formula is C16H23ClN2O5S. The van der Waals surface area contributed by atoms with Crippen LogP contribution in [0.25, 0.3) is 0 Å². The van der Waals surface area contributed by atoms with Gasteiger partial charge >= 0.3 is 5.97 Å². The minimum absolute atomic E-state index is 0. The predicted molar refractivity (Wildman–Crippen MR) is 94.7 cm³/mol. The molecule has 2 aliphatic rings. The normalized spacial score (nSPS) is 20.8. The van der Waals surface area contributed by atoms with Gasteiger partial charge < -0.3 is 14.8 Å². The van der Waals surface area contributed by atoms with E-state index in [4.69, 9.17) is 9.47 Å². The first-order valence-electron chi connectivity index (χ1n) is 8.19. The quantitative estimate of drug-likeness (QED) is 0.771. The number of ether oxygens (including phenoxy) is 2. The van der Waals surface area contributed by atoms with Gasteiger partial charge in [0.05, 0.1) is 11.5 Å². The SMILES string of the molecule is CCOC(=O)C1Cc2cc(S(=O)(=O)N3CCCNCC3)ccc2O1.Cl. The summed E-state index contributed by atoms with van der Waals surface area (Å²) < 4.78 is 37.7. The number of hydrogen-bond acceptors (Lipinski definition) is 6. The van der Waals surface area contributed by atoms with Gasteiger partial charge in [0.1, 0.15) is 5.75 Å². The zero-order valence-electron chi connectivity index (χ0n) is 14.1. The number of nitrogens with zero attached hydrogens (tertiary/aromatic N) is 1. The van der Waals surface area contributed by atoms with Gasteiger partial charge in [-0.2, -0.15) is 4.31 Å². The van der Waals surface area contributed by atoms with E-state index in [2.05, 4.69) is 5.32 Å². The molecule has 0 bridgehead atoms. The van der Waals surface area contributed by atoms with Crippen molar-refractivity contribution in [1.29, 1.82) is 0 Å². The fourth-order valence-corrected chi connectivity index (χ4v) is 4.49. The number of nitrogens with one attached hydrogen (secondary N) is 1. The Kier molecular flexibility index (Phi) is 6.67. The second-order valence-corrected chi connectivity index (χ2v) is 7.78. The maximum absolute atomic E-state index is 12.8. The smallest absolute Gasteiger partial charge is 0.347 e. The molecule has 3 rings (SSSR count). The molecule has 1 aromatic carbocycles. The first-order valence-corrected chi connectivity index (χ1v) is 9.63. The van der Waals surface area contributed by atoms with Gasteiger partial charge in [0, 0.05) is 26.1 Å². The van der Waals surface area contributed by atoms with Gasteiger partial charge in [-0.1, -0.05) is 0 Å². The molecule has 0 aromatic heterocycles. The molecule has 1 N–H and O–H groups in total. The summed E-state index contributed by atoms with van der Waals surface area (Å²) in [5, 5.41) is 3.20. The Bertz CT molecular complexity index is 717. The second-order valence-electron chi connectivity index (χ2n) is 5.84. The van der Waals surface area contributed by atoms with E-state index in [0.717, 1.165) is 18.5 Å². The van der Waals surface area contributed by atoms with Gasteiger partial charge in [0.25, 0.3) is 0 Å². The maximum Gasteiger partial charge on any atom is 0.347 e. The fourth-order valence-electron chi connectivity index (χ4n) is 2.96. The molecule has 140 valence electrons. The first-order chi connectivity index (χ1) is 11.5. The molecule has 25 heavy (non-hydrogen) atoms. The van der Waals surface area contributed by atoms with E-state index in [-0.39, 0.29) is 23.9 Å². The number of hydrogen-bond donors (Lipinski definition) is 1. The Hall–Kier alpha value is -1.35. The highest BCUT2D eigenvalue weighted by molar-refractivity contribution is 7.89. The number of halogens is 1. The summed E-state index contributed by atoms with van der Waals surface area (Å²) in [5.74, 6) is 0.126. The van der Waals surface area contributed by atoms with E-state index >= 15 is 0 Å².